The van der Waals surface area contributed by atoms with E-state index in [1.807, 2.05) is 17.5 Å². The predicted molar refractivity (Wildman–Crippen MR) is 104 cm³/mol. The van der Waals surface area contributed by atoms with Gasteiger partial charge in [0, 0.05) is 11.4 Å². The molecule has 0 radical (unpaired) electrons. The van der Waals surface area contributed by atoms with E-state index in [4.69, 9.17) is 9.15 Å². The Bertz CT molecular complexity index is 1050. The molecule has 1 aliphatic heterocycles. The maximum atomic E-state index is 12.6. The van der Waals surface area contributed by atoms with E-state index in [1.165, 1.54) is 4.57 Å². The molecular formula is C20H20N2O5S. The Hall–Kier alpha value is -2.87. The van der Waals surface area contributed by atoms with Crippen molar-refractivity contribution >= 4 is 34.3 Å². The number of esters is 1. The highest BCUT2D eigenvalue weighted by atomic mass is 32.1. The lowest BCUT2D eigenvalue weighted by Crippen LogP contribution is -2.35. The van der Waals surface area contributed by atoms with Gasteiger partial charge >= 0.3 is 11.7 Å². The number of hydrogen-bond acceptors (Lipinski definition) is 6. The molecule has 28 heavy (non-hydrogen) atoms. The molecule has 0 spiro atoms. The molecule has 3 heterocycles. The molecule has 1 aliphatic rings. The van der Waals surface area contributed by atoms with Crippen molar-refractivity contribution in [2.24, 2.45) is 0 Å². The number of carbonyl (C=O) groups is 2. The number of rotatable bonds is 5. The summed E-state index contributed by atoms with van der Waals surface area (Å²) in [6.07, 6.45) is 1.84. The first-order chi connectivity index (χ1) is 13.6. The van der Waals surface area contributed by atoms with Gasteiger partial charge in [-0.2, -0.15) is 0 Å². The molecule has 1 amide bonds. The summed E-state index contributed by atoms with van der Waals surface area (Å²) in [5, 5.41) is 1.99. The summed E-state index contributed by atoms with van der Waals surface area (Å²) in [6.45, 7) is 1.87. The van der Waals surface area contributed by atoms with Crippen LogP contribution < -0.4 is 5.76 Å². The first-order valence-electron chi connectivity index (χ1n) is 9.16. The van der Waals surface area contributed by atoms with E-state index < -0.39 is 17.8 Å². The minimum atomic E-state index is -0.893. The molecule has 7 nitrogen and oxygen atoms in total. The second-order valence-electron chi connectivity index (χ2n) is 6.75. The van der Waals surface area contributed by atoms with Gasteiger partial charge in [0.2, 0.25) is 0 Å². The number of para-hydroxylation sites is 2. The standard InChI is InChI=1S/C20H20N2O5S/c1-13(22-14-6-2-3-8-16(14)27-20(22)25)19(24)26-12-18(23)21-10-4-7-15(21)17-9-5-11-28-17/h2-3,5-6,8-9,11,13,15H,4,7,10,12H2,1H3. The molecule has 4 rings (SSSR count). The minimum Gasteiger partial charge on any atom is -0.454 e. The second-order valence-corrected chi connectivity index (χ2v) is 7.73. The Morgan fingerprint density at radius 2 is 2.11 bits per heavy atom. The Morgan fingerprint density at radius 3 is 2.89 bits per heavy atom. The fourth-order valence-electron chi connectivity index (χ4n) is 3.63. The first-order valence-corrected chi connectivity index (χ1v) is 10.0. The smallest absolute Gasteiger partial charge is 0.420 e. The molecule has 0 aliphatic carbocycles. The highest BCUT2D eigenvalue weighted by Crippen LogP contribution is 2.34. The lowest BCUT2D eigenvalue weighted by atomic mass is 10.2. The fourth-order valence-corrected chi connectivity index (χ4v) is 4.51. The molecule has 1 fully saturated rings. The van der Waals surface area contributed by atoms with Crippen LogP contribution in [0.15, 0.2) is 51.0 Å². The molecule has 2 aromatic heterocycles. The van der Waals surface area contributed by atoms with Crippen LogP contribution in [-0.4, -0.2) is 34.5 Å². The number of benzene rings is 1. The normalized spacial score (nSPS) is 17.8. The van der Waals surface area contributed by atoms with Crippen LogP contribution in [0.4, 0.5) is 0 Å². The lowest BCUT2D eigenvalue weighted by Gasteiger charge is -2.24. The van der Waals surface area contributed by atoms with E-state index in [0.717, 1.165) is 17.7 Å². The molecular weight excluding hydrogens is 380 g/mol. The van der Waals surface area contributed by atoms with Crippen molar-refractivity contribution < 1.29 is 18.7 Å². The summed E-state index contributed by atoms with van der Waals surface area (Å²) in [5.41, 5.74) is 0.916. The van der Waals surface area contributed by atoms with Gasteiger partial charge in [-0.1, -0.05) is 18.2 Å². The number of oxazole rings is 1. The number of hydrogen-bond donors (Lipinski definition) is 0. The van der Waals surface area contributed by atoms with Crippen molar-refractivity contribution in [2.45, 2.75) is 31.8 Å². The molecule has 0 saturated carbocycles. The van der Waals surface area contributed by atoms with Gasteiger partial charge in [-0.25, -0.2) is 9.59 Å². The van der Waals surface area contributed by atoms with E-state index in [1.54, 1.807) is 47.4 Å². The molecule has 146 valence electrons. The highest BCUT2D eigenvalue weighted by Gasteiger charge is 2.31. The van der Waals surface area contributed by atoms with Crippen molar-refractivity contribution in [1.29, 1.82) is 0 Å². The van der Waals surface area contributed by atoms with Gasteiger partial charge in [-0.05, 0) is 43.3 Å². The number of nitrogens with zero attached hydrogens (tertiary/aromatic N) is 2. The quantitative estimate of drug-likeness (QED) is 0.615. The van der Waals surface area contributed by atoms with Crippen LogP contribution in [0.25, 0.3) is 11.1 Å². The summed E-state index contributed by atoms with van der Waals surface area (Å²) in [6, 6.07) is 10.0. The fraction of sp³-hybridized carbons (Fsp3) is 0.350. The molecule has 2 unspecified atom stereocenters. The zero-order chi connectivity index (χ0) is 19.7. The molecule has 3 aromatic rings. The molecule has 1 saturated heterocycles. The monoisotopic (exact) mass is 400 g/mol. The summed E-state index contributed by atoms with van der Waals surface area (Å²) in [5.74, 6) is -1.50. The summed E-state index contributed by atoms with van der Waals surface area (Å²) in [4.78, 5) is 40.1. The maximum absolute atomic E-state index is 12.6. The Kier molecular flexibility index (Phi) is 5.04. The van der Waals surface area contributed by atoms with E-state index >= 15 is 0 Å². The van der Waals surface area contributed by atoms with E-state index in [0.29, 0.717) is 17.6 Å². The highest BCUT2D eigenvalue weighted by molar-refractivity contribution is 7.10. The van der Waals surface area contributed by atoms with Gasteiger partial charge < -0.3 is 14.1 Å². The van der Waals surface area contributed by atoms with E-state index in [9.17, 15) is 14.4 Å². The minimum absolute atomic E-state index is 0.0454. The topological polar surface area (TPSA) is 81.8 Å². The van der Waals surface area contributed by atoms with Crippen molar-refractivity contribution in [2.75, 3.05) is 13.2 Å². The summed E-state index contributed by atoms with van der Waals surface area (Å²) in [7, 11) is 0. The molecule has 2 atom stereocenters. The third-order valence-electron chi connectivity index (χ3n) is 5.03. The van der Waals surface area contributed by atoms with Crippen LogP contribution in [0.5, 0.6) is 0 Å². The number of aromatic nitrogens is 1. The Morgan fingerprint density at radius 1 is 1.29 bits per heavy atom. The summed E-state index contributed by atoms with van der Waals surface area (Å²) >= 11 is 1.62. The van der Waals surface area contributed by atoms with Crippen LogP contribution in [0.3, 0.4) is 0 Å². The van der Waals surface area contributed by atoms with Crippen molar-refractivity contribution in [3.63, 3.8) is 0 Å². The van der Waals surface area contributed by atoms with Gasteiger partial charge in [-0.15, -0.1) is 11.3 Å². The number of fused-ring (bicyclic) bond motifs is 1. The van der Waals surface area contributed by atoms with Gasteiger partial charge in [0.25, 0.3) is 5.91 Å². The zero-order valence-corrected chi connectivity index (χ0v) is 16.2. The largest absolute Gasteiger partial charge is 0.454 e. The predicted octanol–water partition coefficient (Wildman–Crippen LogP) is 3.12. The molecule has 8 heteroatoms. The number of carbonyl (C=O) groups excluding carboxylic acids is 2. The second kappa shape index (κ2) is 7.63. The third kappa shape index (κ3) is 3.35. The Labute approximate surface area is 165 Å². The van der Waals surface area contributed by atoms with Crippen LogP contribution in [0.1, 0.15) is 36.7 Å². The number of likely N-dealkylation sites (tertiary alicyclic amines) is 1. The van der Waals surface area contributed by atoms with Crippen LogP contribution >= 0.6 is 11.3 Å². The van der Waals surface area contributed by atoms with Crippen molar-refractivity contribution in [3.05, 3.63) is 57.2 Å². The number of ether oxygens (including phenoxy) is 1. The van der Waals surface area contributed by atoms with Gasteiger partial charge in [0.05, 0.1) is 11.6 Å². The van der Waals surface area contributed by atoms with Crippen LogP contribution in [-0.2, 0) is 14.3 Å². The average Bonchev–Trinajstić information content (AvgIpc) is 3.43. The molecule has 0 N–H and O–H groups in total. The van der Waals surface area contributed by atoms with Crippen molar-refractivity contribution in [1.82, 2.24) is 9.47 Å². The van der Waals surface area contributed by atoms with Crippen LogP contribution in [0, 0.1) is 0 Å². The zero-order valence-electron chi connectivity index (χ0n) is 15.4. The van der Waals surface area contributed by atoms with E-state index in [-0.39, 0.29) is 18.6 Å². The number of thiophene rings is 1. The first kappa shape index (κ1) is 18.5. The Balaban J connectivity index is 1.43. The molecule has 0 bridgehead atoms. The van der Waals surface area contributed by atoms with Gasteiger partial charge in [0.15, 0.2) is 12.2 Å². The maximum Gasteiger partial charge on any atom is 0.420 e. The summed E-state index contributed by atoms with van der Waals surface area (Å²) < 4.78 is 11.6. The average molecular weight is 400 g/mol. The molecule has 1 aromatic carbocycles. The number of amides is 1. The SMILES string of the molecule is CC(C(=O)OCC(=O)N1CCCC1c1cccs1)n1c(=O)oc2ccccc21. The lowest BCUT2D eigenvalue weighted by molar-refractivity contribution is -0.154. The third-order valence-corrected chi connectivity index (χ3v) is 6.00. The van der Waals surface area contributed by atoms with E-state index in [2.05, 4.69) is 0 Å². The van der Waals surface area contributed by atoms with Crippen LogP contribution in [0.2, 0.25) is 0 Å². The van der Waals surface area contributed by atoms with Gasteiger partial charge in [0.1, 0.15) is 6.04 Å². The van der Waals surface area contributed by atoms with Gasteiger partial charge in [-0.3, -0.25) is 9.36 Å². The van der Waals surface area contributed by atoms with Crippen molar-refractivity contribution in [3.8, 4) is 0 Å².